The van der Waals surface area contributed by atoms with Gasteiger partial charge in [-0.2, -0.15) is 0 Å². The summed E-state index contributed by atoms with van der Waals surface area (Å²) in [4.78, 5) is 23.8. The van der Waals surface area contributed by atoms with E-state index in [1.165, 1.54) is 6.07 Å². The Balaban J connectivity index is 1.46. The van der Waals surface area contributed by atoms with Crippen LogP contribution in [0.15, 0.2) is 45.5 Å². The third-order valence-corrected chi connectivity index (χ3v) is 4.21. The van der Waals surface area contributed by atoms with Crippen LogP contribution in [0, 0.1) is 0 Å². The molecule has 0 aliphatic carbocycles. The fourth-order valence-corrected chi connectivity index (χ4v) is 2.82. The largest absolute Gasteiger partial charge is 0.491 e. The lowest BCUT2D eigenvalue weighted by atomic mass is 10.2. The van der Waals surface area contributed by atoms with Crippen molar-refractivity contribution in [3.63, 3.8) is 0 Å². The monoisotopic (exact) mass is 422 g/mol. The lowest BCUT2D eigenvalue weighted by Crippen LogP contribution is -2.32. The number of halogens is 1. The zero-order valence-corrected chi connectivity index (χ0v) is 15.6. The second kappa shape index (κ2) is 8.86. The molecule has 1 aliphatic rings. The molecule has 0 saturated carbocycles. The molecule has 7 nitrogen and oxygen atoms in total. The van der Waals surface area contributed by atoms with Crippen molar-refractivity contribution in [3.8, 4) is 5.75 Å². The second-order valence-corrected chi connectivity index (χ2v) is 6.59. The molecule has 2 amide bonds. The van der Waals surface area contributed by atoms with Crippen LogP contribution in [0.4, 0.5) is 5.69 Å². The summed E-state index contributed by atoms with van der Waals surface area (Å²) in [5.74, 6) is -0.0169. The topological polar surface area (TPSA) is 89.8 Å². The van der Waals surface area contributed by atoms with Gasteiger partial charge >= 0.3 is 0 Å². The number of rotatable bonds is 7. The van der Waals surface area contributed by atoms with Crippen LogP contribution in [0.3, 0.4) is 0 Å². The Morgan fingerprint density at radius 2 is 2.15 bits per heavy atom. The summed E-state index contributed by atoms with van der Waals surface area (Å²) in [5, 5.41) is 5.21. The summed E-state index contributed by atoms with van der Waals surface area (Å²) < 4.78 is 16.8. The summed E-state index contributed by atoms with van der Waals surface area (Å²) >= 11 is 3.12. The van der Waals surface area contributed by atoms with Crippen molar-refractivity contribution in [1.82, 2.24) is 5.32 Å². The van der Waals surface area contributed by atoms with E-state index < -0.39 is 5.91 Å². The first-order chi connectivity index (χ1) is 12.6. The summed E-state index contributed by atoms with van der Waals surface area (Å²) in [5.41, 5.74) is 0.592. The first kappa shape index (κ1) is 18.5. The van der Waals surface area contributed by atoms with E-state index in [1.807, 2.05) is 6.07 Å². The van der Waals surface area contributed by atoms with Crippen molar-refractivity contribution >= 4 is 33.4 Å². The highest BCUT2D eigenvalue weighted by atomic mass is 79.9. The van der Waals surface area contributed by atoms with Crippen molar-refractivity contribution in [2.45, 2.75) is 18.9 Å². The molecule has 0 spiro atoms. The van der Waals surface area contributed by atoms with E-state index in [0.717, 1.165) is 19.4 Å². The lowest BCUT2D eigenvalue weighted by molar-refractivity contribution is -0.115. The summed E-state index contributed by atoms with van der Waals surface area (Å²) in [6, 6.07) is 10.2. The maximum Gasteiger partial charge on any atom is 0.287 e. The minimum absolute atomic E-state index is 0.130. The van der Waals surface area contributed by atoms with Gasteiger partial charge in [-0.25, -0.2) is 0 Å². The van der Waals surface area contributed by atoms with Crippen molar-refractivity contribution < 1.29 is 23.5 Å². The summed E-state index contributed by atoms with van der Waals surface area (Å²) in [6.07, 6.45) is 2.19. The number of carbonyl (C=O) groups excluding carboxylic acids is 2. The molecule has 0 unspecified atom stereocenters. The van der Waals surface area contributed by atoms with Crippen LogP contribution in [0.25, 0.3) is 0 Å². The number of hydrogen-bond acceptors (Lipinski definition) is 5. The first-order valence-electron chi connectivity index (χ1n) is 8.28. The molecule has 2 heterocycles. The standard InChI is InChI=1S/C18H19BrN2O5/c19-16-7-6-15(26-16)18(23)20-10-17(22)21-12-3-1-4-13(9-12)25-11-14-5-2-8-24-14/h1,3-4,6-7,9,14H,2,5,8,10-11H2,(H,20,23)(H,21,22)/t14-/m1/s1. The van der Waals surface area contributed by atoms with Crippen LogP contribution < -0.4 is 15.4 Å². The summed E-state index contributed by atoms with van der Waals surface area (Å²) in [7, 11) is 0. The van der Waals surface area contributed by atoms with Crippen LogP contribution >= 0.6 is 15.9 Å². The normalized spacial score (nSPS) is 16.3. The molecule has 2 N–H and O–H groups in total. The summed E-state index contributed by atoms with van der Waals surface area (Å²) in [6.45, 7) is 1.11. The molecular formula is C18H19BrN2O5. The number of furan rings is 1. The zero-order chi connectivity index (χ0) is 18.4. The van der Waals surface area contributed by atoms with E-state index in [9.17, 15) is 9.59 Å². The predicted molar refractivity (Wildman–Crippen MR) is 98.3 cm³/mol. The van der Waals surface area contributed by atoms with Crippen molar-refractivity contribution in [2.24, 2.45) is 0 Å². The molecule has 1 aromatic carbocycles. The van der Waals surface area contributed by atoms with E-state index in [-0.39, 0.29) is 24.3 Å². The number of nitrogens with one attached hydrogen (secondary N) is 2. The molecular weight excluding hydrogens is 404 g/mol. The van der Waals surface area contributed by atoms with Crippen LogP contribution in [-0.4, -0.2) is 37.7 Å². The molecule has 0 radical (unpaired) electrons. The lowest BCUT2D eigenvalue weighted by Gasteiger charge is -2.12. The molecule has 1 aliphatic heterocycles. The van der Waals surface area contributed by atoms with Crippen LogP contribution in [0.1, 0.15) is 23.4 Å². The third-order valence-electron chi connectivity index (χ3n) is 3.78. The van der Waals surface area contributed by atoms with Crippen LogP contribution in [0.2, 0.25) is 0 Å². The highest BCUT2D eigenvalue weighted by Crippen LogP contribution is 2.19. The third kappa shape index (κ3) is 5.34. The van der Waals surface area contributed by atoms with Gasteiger partial charge in [0.1, 0.15) is 12.4 Å². The molecule has 1 saturated heterocycles. The van der Waals surface area contributed by atoms with Gasteiger partial charge in [0.15, 0.2) is 10.4 Å². The molecule has 8 heteroatoms. The predicted octanol–water partition coefficient (Wildman–Crippen LogP) is 2.97. The number of carbonyl (C=O) groups is 2. The highest BCUT2D eigenvalue weighted by Gasteiger charge is 2.16. The SMILES string of the molecule is O=C(CNC(=O)c1ccc(Br)o1)Nc1cccc(OC[C@H]2CCCO2)c1. The Kier molecular flexibility index (Phi) is 6.30. The van der Waals surface area contributed by atoms with Gasteiger partial charge in [0.25, 0.3) is 5.91 Å². The number of amides is 2. The Hall–Kier alpha value is -2.32. The molecule has 1 aromatic heterocycles. The van der Waals surface area contributed by atoms with Gasteiger partial charge in [0.2, 0.25) is 5.91 Å². The van der Waals surface area contributed by atoms with Gasteiger partial charge < -0.3 is 24.5 Å². The van der Waals surface area contributed by atoms with E-state index in [2.05, 4.69) is 26.6 Å². The molecule has 2 aromatic rings. The van der Waals surface area contributed by atoms with E-state index in [4.69, 9.17) is 13.9 Å². The zero-order valence-electron chi connectivity index (χ0n) is 14.0. The smallest absolute Gasteiger partial charge is 0.287 e. The average molecular weight is 423 g/mol. The second-order valence-electron chi connectivity index (χ2n) is 5.81. The fourth-order valence-electron chi connectivity index (χ4n) is 2.52. The molecule has 1 fully saturated rings. The van der Waals surface area contributed by atoms with Crippen LogP contribution in [0.5, 0.6) is 5.75 Å². The number of ether oxygens (including phenoxy) is 2. The fraction of sp³-hybridized carbons (Fsp3) is 0.333. The highest BCUT2D eigenvalue weighted by molar-refractivity contribution is 9.10. The Morgan fingerprint density at radius 3 is 2.88 bits per heavy atom. The van der Waals surface area contributed by atoms with Crippen LogP contribution in [-0.2, 0) is 9.53 Å². The van der Waals surface area contributed by atoms with Gasteiger partial charge in [-0.1, -0.05) is 6.07 Å². The van der Waals surface area contributed by atoms with E-state index in [0.29, 0.717) is 22.7 Å². The Bertz CT molecular complexity index is 770. The van der Waals surface area contributed by atoms with Gasteiger partial charge in [-0.15, -0.1) is 0 Å². The average Bonchev–Trinajstić information content (AvgIpc) is 3.30. The van der Waals surface area contributed by atoms with Gasteiger partial charge in [0, 0.05) is 18.4 Å². The van der Waals surface area contributed by atoms with Gasteiger partial charge in [-0.05, 0) is 53.0 Å². The molecule has 1 atom stereocenters. The van der Waals surface area contributed by atoms with Crippen molar-refractivity contribution in [3.05, 3.63) is 46.8 Å². The van der Waals surface area contributed by atoms with Gasteiger partial charge in [0.05, 0.1) is 12.6 Å². The maximum atomic E-state index is 12.0. The molecule has 26 heavy (non-hydrogen) atoms. The van der Waals surface area contributed by atoms with E-state index >= 15 is 0 Å². The van der Waals surface area contributed by atoms with Crippen molar-refractivity contribution in [1.29, 1.82) is 0 Å². The Labute approximate surface area is 159 Å². The number of hydrogen-bond donors (Lipinski definition) is 2. The Morgan fingerprint density at radius 1 is 1.27 bits per heavy atom. The molecule has 138 valence electrons. The van der Waals surface area contributed by atoms with Crippen molar-refractivity contribution in [2.75, 3.05) is 25.1 Å². The number of benzene rings is 1. The minimum Gasteiger partial charge on any atom is -0.491 e. The quantitative estimate of drug-likeness (QED) is 0.715. The molecule has 3 rings (SSSR count). The van der Waals surface area contributed by atoms with E-state index in [1.54, 1.807) is 24.3 Å². The first-order valence-corrected chi connectivity index (χ1v) is 9.07. The van der Waals surface area contributed by atoms with Gasteiger partial charge in [-0.3, -0.25) is 9.59 Å². The number of anilines is 1. The minimum atomic E-state index is -0.459. The maximum absolute atomic E-state index is 12.0. The molecule has 0 bridgehead atoms.